The largest absolute Gasteiger partial charge is 0.481 e. The van der Waals surface area contributed by atoms with Gasteiger partial charge in [0.25, 0.3) is 5.91 Å². The summed E-state index contributed by atoms with van der Waals surface area (Å²) in [6, 6.07) is 6.47. The molecular weight excluding hydrogens is 260 g/mol. The van der Waals surface area contributed by atoms with Crippen LogP contribution in [0.2, 0.25) is 0 Å². The first-order valence-corrected chi connectivity index (χ1v) is 6.29. The van der Waals surface area contributed by atoms with Crippen molar-refractivity contribution in [1.29, 1.82) is 0 Å². The van der Waals surface area contributed by atoms with Gasteiger partial charge in [0.05, 0.1) is 5.92 Å². The van der Waals surface area contributed by atoms with Crippen molar-refractivity contribution in [2.24, 2.45) is 5.92 Å². The van der Waals surface area contributed by atoms with Gasteiger partial charge in [-0.05, 0) is 30.7 Å². The number of aliphatic carboxylic acids is 1. The molecule has 6 nitrogen and oxygen atoms in total. The van der Waals surface area contributed by atoms with Crippen molar-refractivity contribution in [3.05, 3.63) is 29.8 Å². The Morgan fingerprint density at radius 2 is 1.80 bits per heavy atom. The molecule has 0 bridgehead atoms. The lowest BCUT2D eigenvalue weighted by Crippen LogP contribution is -2.18. The second-order valence-corrected chi connectivity index (χ2v) is 4.48. The van der Waals surface area contributed by atoms with Crippen molar-refractivity contribution in [3.8, 4) is 0 Å². The second kappa shape index (κ2) is 7.28. The standard InChI is InChI=1S/C14H18N2O4/c1-9(14(19)20)3-8-12(17)16-11-6-4-10(5-7-11)13(18)15-2/h4-7,9H,3,8H2,1-2H3,(H,15,18)(H,16,17)(H,19,20)/t9-/m0/s1. The van der Waals surface area contributed by atoms with E-state index in [9.17, 15) is 14.4 Å². The number of benzene rings is 1. The molecule has 0 aliphatic carbocycles. The molecule has 1 rings (SSSR count). The number of carbonyl (C=O) groups is 3. The molecule has 0 heterocycles. The highest BCUT2D eigenvalue weighted by Crippen LogP contribution is 2.12. The summed E-state index contributed by atoms with van der Waals surface area (Å²) >= 11 is 0. The highest BCUT2D eigenvalue weighted by molar-refractivity contribution is 5.95. The lowest BCUT2D eigenvalue weighted by Gasteiger charge is -2.08. The SMILES string of the molecule is CNC(=O)c1ccc(NC(=O)CC[C@H](C)C(=O)O)cc1. The zero-order chi connectivity index (χ0) is 15.1. The van der Waals surface area contributed by atoms with Crippen LogP contribution < -0.4 is 10.6 Å². The molecule has 3 N–H and O–H groups in total. The Labute approximate surface area is 117 Å². The van der Waals surface area contributed by atoms with Gasteiger partial charge in [-0.3, -0.25) is 14.4 Å². The van der Waals surface area contributed by atoms with E-state index in [0.29, 0.717) is 11.3 Å². The molecule has 0 radical (unpaired) electrons. The van der Waals surface area contributed by atoms with Crippen molar-refractivity contribution in [1.82, 2.24) is 5.32 Å². The zero-order valence-electron chi connectivity index (χ0n) is 11.5. The molecule has 2 amide bonds. The quantitative estimate of drug-likeness (QED) is 0.734. The summed E-state index contributed by atoms with van der Waals surface area (Å²) in [5, 5.41) is 13.9. The van der Waals surface area contributed by atoms with Crippen LogP contribution in [0.3, 0.4) is 0 Å². The first kappa shape index (κ1) is 15.7. The van der Waals surface area contributed by atoms with Crippen LogP contribution >= 0.6 is 0 Å². The van der Waals surface area contributed by atoms with E-state index < -0.39 is 11.9 Å². The Morgan fingerprint density at radius 3 is 2.30 bits per heavy atom. The average Bonchev–Trinajstić information content (AvgIpc) is 2.44. The van der Waals surface area contributed by atoms with Crippen LogP contribution in [-0.2, 0) is 9.59 Å². The van der Waals surface area contributed by atoms with Crippen LogP contribution in [0.4, 0.5) is 5.69 Å². The topological polar surface area (TPSA) is 95.5 Å². The molecule has 0 aliphatic rings. The normalized spacial score (nSPS) is 11.5. The Hall–Kier alpha value is -2.37. The molecule has 1 aromatic carbocycles. The summed E-state index contributed by atoms with van der Waals surface area (Å²) in [5.41, 5.74) is 1.08. The summed E-state index contributed by atoms with van der Waals surface area (Å²) in [6.07, 6.45) is 0.433. The minimum Gasteiger partial charge on any atom is -0.481 e. The van der Waals surface area contributed by atoms with Crippen LogP contribution in [0.15, 0.2) is 24.3 Å². The smallest absolute Gasteiger partial charge is 0.306 e. The number of anilines is 1. The number of hydrogen-bond donors (Lipinski definition) is 3. The first-order chi connectivity index (χ1) is 9.43. The number of nitrogens with one attached hydrogen (secondary N) is 2. The maximum atomic E-state index is 11.6. The Kier molecular flexibility index (Phi) is 5.71. The predicted octanol–water partition coefficient (Wildman–Crippen LogP) is 1.49. The average molecular weight is 278 g/mol. The van der Waals surface area contributed by atoms with E-state index in [2.05, 4.69) is 10.6 Å². The van der Waals surface area contributed by atoms with E-state index in [1.807, 2.05) is 0 Å². The predicted molar refractivity (Wildman–Crippen MR) is 74.5 cm³/mol. The van der Waals surface area contributed by atoms with Gasteiger partial charge in [0.15, 0.2) is 0 Å². The summed E-state index contributed by atoms with van der Waals surface area (Å²) in [7, 11) is 1.54. The summed E-state index contributed by atoms with van der Waals surface area (Å²) < 4.78 is 0. The molecule has 0 spiro atoms. The van der Waals surface area contributed by atoms with Gasteiger partial charge in [0, 0.05) is 24.7 Å². The van der Waals surface area contributed by atoms with Gasteiger partial charge in [0.2, 0.25) is 5.91 Å². The monoisotopic (exact) mass is 278 g/mol. The number of carboxylic acid groups (broad SMARTS) is 1. The maximum absolute atomic E-state index is 11.6. The molecule has 20 heavy (non-hydrogen) atoms. The lowest BCUT2D eigenvalue weighted by molar-refractivity contribution is -0.141. The van der Waals surface area contributed by atoms with Crippen LogP contribution in [0.5, 0.6) is 0 Å². The third-order valence-electron chi connectivity index (χ3n) is 2.88. The zero-order valence-corrected chi connectivity index (χ0v) is 11.5. The van der Waals surface area contributed by atoms with Gasteiger partial charge in [-0.15, -0.1) is 0 Å². The molecule has 0 saturated heterocycles. The number of rotatable bonds is 6. The van der Waals surface area contributed by atoms with Crippen molar-refractivity contribution < 1.29 is 19.5 Å². The molecule has 108 valence electrons. The molecule has 1 atom stereocenters. The minimum absolute atomic E-state index is 0.144. The number of hydrogen-bond acceptors (Lipinski definition) is 3. The minimum atomic E-state index is -0.910. The van der Waals surface area contributed by atoms with Gasteiger partial charge in [-0.1, -0.05) is 6.92 Å². The number of carbonyl (C=O) groups excluding carboxylic acids is 2. The lowest BCUT2D eigenvalue weighted by atomic mass is 10.1. The molecular formula is C14H18N2O4. The second-order valence-electron chi connectivity index (χ2n) is 4.48. The summed E-state index contributed by atoms with van der Waals surface area (Å²) in [6.45, 7) is 1.56. The first-order valence-electron chi connectivity index (χ1n) is 6.29. The van der Waals surface area contributed by atoms with Crippen LogP contribution in [0.25, 0.3) is 0 Å². The van der Waals surface area contributed by atoms with E-state index in [-0.39, 0.29) is 24.7 Å². The van der Waals surface area contributed by atoms with Crippen LogP contribution in [0.1, 0.15) is 30.1 Å². The van der Waals surface area contributed by atoms with Crippen molar-refractivity contribution in [2.45, 2.75) is 19.8 Å². The summed E-state index contributed by atoms with van der Waals surface area (Å²) in [4.78, 5) is 33.6. The Balaban J connectivity index is 2.50. The summed E-state index contributed by atoms with van der Waals surface area (Å²) in [5.74, 6) is -1.90. The van der Waals surface area contributed by atoms with E-state index in [0.717, 1.165) is 0 Å². The third kappa shape index (κ3) is 4.72. The van der Waals surface area contributed by atoms with E-state index in [1.54, 1.807) is 38.2 Å². The molecule has 1 aromatic rings. The Bertz CT molecular complexity index is 496. The van der Waals surface area contributed by atoms with Gasteiger partial charge < -0.3 is 15.7 Å². The molecule has 0 fully saturated rings. The van der Waals surface area contributed by atoms with E-state index in [4.69, 9.17) is 5.11 Å². The molecule has 0 unspecified atom stereocenters. The van der Waals surface area contributed by atoms with Crippen molar-refractivity contribution in [3.63, 3.8) is 0 Å². The third-order valence-corrected chi connectivity index (χ3v) is 2.88. The van der Waals surface area contributed by atoms with Crippen LogP contribution in [-0.4, -0.2) is 29.9 Å². The van der Waals surface area contributed by atoms with Gasteiger partial charge in [0.1, 0.15) is 0 Å². The maximum Gasteiger partial charge on any atom is 0.306 e. The molecule has 0 aromatic heterocycles. The van der Waals surface area contributed by atoms with Crippen molar-refractivity contribution >= 4 is 23.5 Å². The van der Waals surface area contributed by atoms with Gasteiger partial charge >= 0.3 is 5.97 Å². The fraction of sp³-hybridized carbons (Fsp3) is 0.357. The number of amides is 2. The van der Waals surface area contributed by atoms with E-state index >= 15 is 0 Å². The van der Waals surface area contributed by atoms with Gasteiger partial charge in [-0.2, -0.15) is 0 Å². The molecule has 6 heteroatoms. The number of carboxylic acids is 1. The fourth-order valence-electron chi connectivity index (χ4n) is 1.54. The van der Waals surface area contributed by atoms with Crippen LogP contribution in [0, 0.1) is 5.92 Å². The molecule has 0 aliphatic heterocycles. The molecule has 0 saturated carbocycles. The van der Waals surface area contributed by atoms with E-state index in [1.165, 1.54) is 0 Å². The Morgan fingerprint density at radius 1 is 1.20 bits per heavy atom. The highest BCUT2D eigenvalue weighted by atomic mass is 16.4. The fourth-order valence-corrected chi connectivity index (χ4v) is 1.54. The van der Waals surface area contributed by atoms with Gasteiger partial charge in [-0.25, -0.2) is 0 Å². The highest BCUT2D eigenvalue weighted by Gasteiger charge is 2.13. The van der Waals surface area contributed by atoms with Crippen molar-refractivity contribution in [2.75, 3.05) is 12.4 Å².